The fourth-order valence-corrected chi connectivity index (χ4v) is 2.23. The Bertz CT molecular complexity index is 567. The van der Waals surface area contributed by atoms with Gasteiger partial charge in [0.2, 0.25) is 11.0 Å². The molecule has 0 fully saturated rings. The number of aromatic nitrogens is 2. The van der Waals surface area contributed by atoms with Crippen LogP contribution in [0.1, 0.15) is 5.69 Å². The molecular weight excluding hydrogens is 284 g/mol. The molecule has 0 amide bonds. The quantitative estimate of drug-likeness (QED) is 0.697. The highest BCUT2D eigenvalue weighted by Gasteiger charge is 2.26. The topological polar surface area (TPSA) is 59.0 Å². The zero-order chi connectivity index (χ0) is 12.5. The van der Waals surface area contributed by atoms with Crippen LogP contribution >= 0.6 is 28.5 Å². The van der Waals surface area contributed by atoms with Crippen molar-refractivity contribution < 1.29 is 13.8 Å². The Labute approximate surface area is 107 Å². The predicted octanol–water partition coefficient (Wildman–Crippen LogP) is 3.26. The molecule has 0 saturated heterocycles. The molecule has 2 aromatic rings. The third-order valence-electron chi connectivity index (χ3n) is 2.09. The van der Waals surface area contributed by atoms with Crippen LogP contribution in [0.4, 0.5) is 5.88 Å². The van der Waals surface area contributed by atoms with E-state index in [1.54, 1.807) is 11.6 Å². The number of nitrogens with one attached hydrogen (secondary N) is 1. The van der Waals surface area contributed by atoms with Crippen LogP contribution in [-0.2, 0) is 4.57 Å². The van der Waals surface area contributed by atoms with Crippen LogP contribution in [0.5, 0.6) is 0 Å². The van der Waals surface area contributed by atoms with E-state index in [0.29, 0.717) is 5.69 Å². The molecule has 8 heteroatoms. The summed E-state index contributed by atoms with van der Waals surface area (Å²) in [5, 5.41) is 6.19. The van der Waals surface area contributed by atoms with Gasteiger partial charge in [0, 0.05) is 19.1 Å². The molecule has 2 rings (SSSR count). The molecule has 1 heterocycles. The molecule has 0 atom stereocenters. The van der Waals surface area contributed by atoms with Gasteiger partial charge in [-0.05, 0) is 27.2 Å². The first-order chi connectivity index (χ1) is 7.97. The molecule has 1 N–H and O–H groups in total. The Morgan fingerprint density at radius 2 is 2.00 bits per heavy atom. The molecule has 1 aromatic carbocycles. The Morgan fingerprint density at radius 3 is 2.59 bits per heavy atom. The highest BCUT2D eigenvalue weighted by molar-refractivity contribution is 8.09. The molecule has 1 aromatic heterocycles. The average molecular weight is 293 g/mol. The van der Waals surface area contributed by atoms with Gasteiger partial charge in [-0.3, -0.25) is 14.2 Å². The van der Waals surface area contributed by atoms with Crippen LogP contribution in [0.15, 0.2) is 34.9 Å². The molecular formula is C9H9Cl2N3O2P+. The van der Waals surface area contributed by atoms with E-state index in [0.717, 1.165) is 5.69 Å². The van der Waals surface area contributed by atoms with Crippen molar-refractivity contribution in [3.63, 3.8) is 0 Å². The maximum Gasteiger partial charge on any atom is 0.345 e. The van der Waals surface area contributed by atoms with E-state index in [4.69, 9.17) is 27.0 Å². The maximum absolute atomic E-state index is 11.2. The van der Waals surface area contributed by atoms with Gasteiger partial charge < -0.3 is 0 Å². The second-order valence-electron chi connectivity index (χ2n) is 3.31. The van der Waals surface area contributed by atoms with Gasteiger partial charge in [0.15, 0.2) is 0 Å². The first-order valence-corrected chi connectivity index (χ1v) is 8.21. The largest absolute Gasteiger partial charge is 0.345 e. The number of para-hydroxylation sites is 1. The minimum Gasteiger partial charge on any atom is -0.281 e. The number of benzene rings is 1. The summed E-state index contributed by atoms with van der Waals surface area (Å²) in [6.07, 6.45) is 0. The van der Waals surface area contributed by atoms with Crippen LogP contribution in [0.3, 0.4) is 0 Å². The summed E-state index contributed by atoms with van der Waals surface area (Å²) in [6.45, 7) is 1.75. The number of rotatable bonds is 3. The van der Waals surface area contributed by atoms with E-state index >= 15 is 0 Å². The molecule has 0 spiro atoms. The lowest BCUT2D eigenvalue weighted by Crippen LogP contribution is -2.35. The van der Waals surface area contributed by atoms with Crippen LogP contribution in [-0.4, -0.2) is 5.27 Å². The van der Waals surface area contributed by atoms with Crippen LogP contribution in [0.25, 0.3) is 5.69 Å². The lowest BCUT2D eigenvalue weighted by Gasteiger charge is -1.99. The molecule has 0 aliphatic carbocycles. The van der Waals surface area contributed by atoms with Gasteiger partial charge in [-0.2, -0.15) is 0 Å². The number of hydrogen-bond acceptors (Lipinski definition) is 3. The second kappa shape index (κ2) is 4.69. The van der Waals surface area contributed by atoms with Gasteiger partial charge in [-0.1, -0.05) is 18.2 Å². The van der Waals surface area contributed by atoms with Gasteiger partial charge >= 0.3 is 11.9 Å². The molecule has 0 aliphatic rings. The highest BCUT2D eigenvalue weighted by Crippen LogP contribution is 2.55. The fraction of sp³-hybridized carbons (Fsp3) is 0.111. The van der Waals surface area contributed by atoms with Crippen LogP contribution < -0.4 is 9.77 Å². The fourth-order valence-electron chi connectivity index (χ4n) is 1.33. The van der Waals surface area contributed by atoms with Crippen molar-refractivity contribution >= 4 is 34.4 Å². The first kappa shape index (κ1) is 12.4. The minimum atomic E-state index is -3.45. The zero-order valence-electron chi connectivity index (χ0n) is 8.80. The molecule has 90 valence electrons. The summed E-state index contributed by atoms with van der Waals surface area (Å²) in [7, 11) is 0. The van der Waals surface area contributed by atoms with E-state index in [1.165, 1.54) is 0 Å². The van der Waals surface area contributed by atoms with Crippen molar-refractivity contribution in [3.8, 4) is 5.69 Å². The number of hydrogen-bond donors (Lipinski definition) is 1. The molecule has 0 bridgehead atoms. The van der Waals surface area contributed by atoms with E-state index in [2.05, 4.69) is 10.4 Å². The summed E-state index contributed by atoms with van der Waals surface area (Å²) < 4.78 is 17.7. The zero-order valence-corrected chi connectivity index (χ0v) is 11.2. The average Bonchev–Trinajstić information content (AvgIpc) is 2.60. The van der Waals surface area contributed by atoms with Crippen molar-refractivity contribution in [1.82, 2.24) is 5.27 Å². The molecule has 0 aliphatic heterocycles. The third kappa shape index (κ3) is 3.00. The number of anilines is 1. The van der Waals surface area contributed by atoms with E-state index in [9.17, 15) is 4.57 Å². The van der Waals surface area contributed by atoms with Crippen molar-refractivity contribution in [1.29, 1.82) is 0 Å². The lowest BCUT2D eigenvalue weighted by atomic mass is 10.3. The van der Waals surface area contributed by atoms with Crippen LogP contribution in [0, 0.1) is 6.92 Å². The standard InChI is InChI=1S/C9H9Cl2N3O2P/c1-7-9(12-17(10,11)15)16-13-14(7)8-5-3-2-4-6-8/h2-6H,1H3,(H,12,15)/q+1. The minimum absolute atomic E-state index is 0.183. The summed E-state index contributed by atoms with van der Waals surface area (Å²) in [6, 6.07) is 9.36. The van der Waals surface area contributed by atoms with Crippen molar-refractivity contribution in [3.05, 3.63) is 36.0 Å². The summed E-state index contributed by atoms with van der Waals surface area (Å²) in [5.41, 5.74) is 1.44. The van der Waals surface area contributed by atoms with Crippen molar-refractivity contribution in [2.45, 2.75) is 6.92 Å². The monoisotopic (exact) mass is 292 g/mol. The highest BCUT2D eigenvalue weighted by atomic mass is 35.9. The Morgan fingerprint density at radius 1 is 1.35 bits per heavy atom. The van der Waals surface area contributed by atoms with Crippen LogP contribution in [0.2, 0.25) is 0 Å². The lowest BCUT2D eigenvalue weighted by molar-refractivity contribution is -0.675. The normalized spacial score (nSPS) is 11.5. The molecule has 0 saturated carbocycles. The summed E-state index contributed by atoms with van der Waals surface area (Å²) in [5.74, 6) is -3.26. The van der Waals surface area contributed by atoms with Gasteiger partial charge in [0.05, 0.1) is 0 Å². The van der Waals surface area contributed by atoms with Gasteiger partial charge in [-0.15, -0.1) is 0 Å². The Balaban J connectivity index is 2.37. The molecule has 17 heavy (non-hydrogen) atoms. The summed E-state index contributed by atoms with van der Waals surface area (Å²) >= 11 is 10.8. The number of halogens is 2. The van der Waals surface area contributed by atoms with E-state index in [-0.39, 0.29) is 5.88 Å². The van der Waals surface area contributed by atoms with E-state index < -0.39 is 6.00 Å². The molecule has 0 unspecified atom stereocenters. The third-order valence-corrected chi connectivity index (χ3v) is 3.06. The van der Waals surface area contributed by atoms with Gasteiger partial charge in [-0.25, -0.2) is 0 Å². The van der Waals surface area contributed by atoms with Crippen molar-refractivity contribution in [2.24, 2.45) is 0 Å². The van der Waals surface area contributed by atoms with Gasteiger partial charge in [0.25, 0.3) is 5.69 Å². The van der Waals surface area contributed by atoms with Gasteiger partial charge in [0.1, 0.15) is 0 Å². The predicted molar refractivity (Wildman–Crippen MR) is 65.7 cm³/mol. The van der Waals surface area contributed by atoms with E-state index in [1.807, 2.05) is 30.3 Å². The first-order valence-electron chi connectivity index (χ1n) is 4.69. The SMILES string of the molecule is Cc1c(NP(=O)(Cl)Cl)on[n+]1-c1ccccc1. The number of nitrogens with zero attached hydrogens (tertiary/aromatic N) is 2. The Hall–Kier alpha value is -1.03. The smallest absolute Gasteiger partial charge is 0.281 e. The maximum atomic E-state index is 11.2. The molecule has 0 radical (unpaired) electrons. The Kier molecular flexibility index (Phi) is 3.43. The second-order valence-corrected chi connectivity index (χ2v) is 7.83. The molecule has 5 nitrogen and oxygen atoms in total. The van der Waals surface area contributed by atoms with Crippen molar-refractivity contribution in [2.75, 3.05) is 5.09 Å². The summed E-state index contributed by atoms with van der Waals surface area (Å²) in [4.78, 5) is 0.